The molecule has 1 atom stereocenters. The van der Waals surface area contributed by atoms with Crippen LogP contribution in [0.3, 0.4) is 0 Å². The highest BCUT2D eigenvalue weighted by Crippen LogP contribution is 2.28. The van der Waals surface area contributed by atoms with Crippen molar-refractivity contribution in [3.8, 4) is 11.4 Å². The topological polar surface area (TPSA) is 71.7 Å². The molecule has 3 aromatic rings. The number of rotatable bonds is 6. The minimum absolute atomic E-state index is 0.00406. The van der Waals surface area contributed by atoms with Crippen LogP contribution in [0, 0.1) is 30.2 Å². The Labute approximate surface area is 182 Å². The van der Waals surface area contributed by atoms with E-state index < -0.39 is 47.2 Å². The lowest BCUT2D eigenvalue weighted by Crippen LogP contribution is -2.24. The van der Waals surface area contributed by atoms with Gasteiger partial charge in [-0.2, -0.15) is 0 Å². The maximum Gasteiger partial charge on any atom is 0.273 e. The quantitative estimate of drug-likeness (QED) is 0.499. The van der Waals surface area contributed by atoms with Gasteiger partial charge >= 0.3 is 0 Å². The van der Waals surface area contributed by atoms with Crippen molar-refractivity contribution in [2.24, 2.45) is 0 Å². The van der Waals surface area contributed by atoms with Gasteiger partial charge in [0.2, 0.25) is 0 Å². The summed E-state index contributed by atoms with van der Waals surface area (Å²) in [5.41, 5.74) is -1.55. The number of hydrogen-bond donors (Lipinski definition) is 2. The van der Waals surface area contributed by atoms with Crippen LogP contribution in [0.4, 0.5) is 17.6 Å². The van der Waals surface area contributed by atoms with Gasteiger partial charge in [-0.05, 0) is 52.7 Å². The first-order valence-corrected chi connectivity index (χ1v) is 9.70. The number of nitrogens with zero attached hydrogens (tertiary/aromatic N) is 1. The summed E-state index contributed by atoms with van der Waals surface area (Å²) in [6, 6.07) is 5.91. The Morgan fingerprint density at radius 2 is 1.71 bits per heavy atom. The number of benzene rings is 2. The highest BCUT2D eigenvalue weighted by atomic mass is 79.9. The lowest BCUT2D eigenvalue weighted by Gasteiger charge is -2.17. The molecule has 2 aromatic carbocycles. The minimum Gasteiger partial charge on any atom is -0.487 e. The lowest BCUT2D eigenvalue weighted by molar-refractivity contribution is 0.0951. The van der Waals surface area contributed by atoms with E-state index in [1.807, 2.05) is 0 Å². The number of aliphatic hydroxyl groups is 2. The number of pyridine rings is 1. The molecule has 164 valence electrons. The molecule has 0 amide bonds. The van der Waals surface area contributed by atoms with E-state index in [9.17, 15) is 27.5 Å². The van der Waals surface area contributed by atoms with Gasteiger partial charge in [0.1, 0.15) is 40.3 Å². The third kappa shape index (κ3) is 4.65. The SMILES string of the molecule is Cc1cc(OCc2ccc(F)cc2F)c(Br)c(=O)n1-c1c(F)cc(C(O)CO)cc1F. The Hall–Kier alpha value is -2.69. The molecule has 0 aliphatic carbocycles. The van der Waals surface area contributed by atoms with Gasteiger partial charge in [0.15, 0.2) is 11.6 Å². The van der Waals surface area contributed by atoms with Crippen molar-refractivity contribution in [3.05, 3.63) is 91.3 Å². The maximum atomic E-state index is 14.6. The lowest BCUT2D eigenvalue weighted by atomic mass is 10.1. The minimum atomic E-state index is -1.48. The summed E-state index contributed by atoms with van der Waals surface area (Å²) in [5, 5.41) is 18.6. The number of aryl methyl sites for hydroxylation is 1. The van der Waals surface area contributed by atoms with E-state index in [1.165, 1.54) is 19.1 Å². The van der Waals surface area contributed by atoms with Crippen LogP contribution in [-0.4, -0.2) is 21.4 Å². The second kappa shape index (κ2) is 9.21. The van der Waals surface area contributed by atoms with Crippen LogP contribution in [0.1, 0.15) is 22.9 Å². The zero-order valence-corrected chi connectivity index (χ0v) is 17.6. The Morgan fingerprint density at radius 1 is 1.06 bits per heavy atom. The zero-order chi connectivity index (χ0) is 22.9. The number of halogens is 5. The standard InChI is InChI=1S/C21H16BrF4NO4/c1-10-4-18(31-9-11-2-3-13(23)7-14(11)24)19(22)21(30)27(10)20-15(25)5-12(6-16(20)26)17(29)8-28/h2-7,17,28-29H,8-9H2,1H3. The van der Waals surface area contributed by atoms with Crippen molar-refractivity contribution in [1.82, 2.24) is 4.57 Å². The van der Waals surface area contributed by atoms with Gasteiger partial charge in [0.05, 0.1) is 6.61 Å². The van der Waals surface area contributed by atoms with Crippen molar-refractivity contribution < 1.29 is 32.5 Å². The van der Waals surface area contributed by atoms with Crippen LogP contribution in [0.15, 0.2) is 45.7 Å². The molecule has 10 heteroatoms. The fraction of sp³-hybridized carbons (Fsp3) is 0.190. The smallest absolute Gasteiger partial charge is 0.273 e. The normalized spacial score (nSPS) is 12.1. The fourth-order valence-corrected chi connectivity index (χ4v) is 3.36. The molecule has 2 N–H and O–H groups in total. The van der Waals surface area contributed by atoms with E-state index in [0.29, 0.717) is 6.07 Å². The summed E-state index contributed by atoms with van der Waals surface area (Å²) in [6.45, 7) is 0.363. The van der Waals surface area contributed by atoms with Crippen molar-refractivity contribution in [1.29, 1.82) is 0 Å². The number of aromatic nitrogens is 1. The first-order valence-electron chi connectivity index (χ1n) is 8.91. The summed E-state index contributed by atoms with van der Waals surface area (Å²) in [6.07, 6.45) is -1.48. The molecule has 1 aromatic heterocycles. The molecule has 3 rings (SSSR count). The average Bonchev–Trinajstić information content (AvgIpc) is 2.71. The van der Waals surface area contributed by atoms with Gasteiger partial charge < -0.3 is 14.9 Å². The largest absolute Gasteiger partial charge is 0.487 e. The maximum absolute atomic E-state index is 14.6. The summed E-state index contributed by atoms with van der Waals surface area (Å²) < 4.78 is 62.1. The van der Waals surface area contributed by atoms with Gasteiger partial charge in [-0.3, -0.25) is 9.36 Å². The summed E-state index contributed by atoms with van der Waals surface area (Å²) in [4.78, 5) is 12.8. The third-order valence-electron chi connectivity index (χ3n) is 4.52. The molecule has 0 aliphatic heterocycles. The van der Waals surface area contributed by atoms with Crippen LogP contribution >= 0.6 is 15.9 Å². The highest BCUT2D eigenvalue weighted by molar-refractivity contribution is 9.10. The molecular weight excluding hydrogens is 486 g/mol. The molecule has 0 aliphatic rings. The Balaban J connectivity index is 2.00. The van der Waals surface area contributed by atoms with Crippen LogP contribution in [-0.2, 0) is 6.61 Å². The van der Waals surface area contributed by atoms with E-state index in [2.05, 4.69) is 15.9 Å². The number of hydrogen-bond acceptors (Lipinski definition) is 4. The molecule has 0 bridgehead atoms. The molecule has 1 heterocycles. The van der Waals surface area contributed by atoms with Crippen molar-refractivity contribution in [3.63, 3.8) is 0 Å². The molecule has 5 nitrogen and oxygen atoms in total. The first-order chi connectivity index (χ1) is 14.6. The summed E-state index contributed by atoms with van der Waals surface area (Å²) in [7, 11) is 0. The Morgan fingerprint density at radius 3 is 2.29 bits per heavy atom. The first kappa shape index (κ1) is 23.0. The zero-order valence-electron chi connectivity index (χ0n) is 16.0. The van der Waals surface area contributed by atoms with Crippen LogP contribution < -0.4 is 10.3 Å². The van der Waals surface area contributed by atoms with Crippen LogP contribution in [0.2, 0.25) is 0 Å². The van der Waals surface area contributed by atoms with Gasteiger partial charge in [-0.15, -0.1) is 0 Å². The summed E-state index contributed by atoms with van der Waals surface area (Å²) in [5.74, 6) is -3.82. The predicted molar refractivity (Wildman–Crippen MR) is 107 cm³/mol. The van der Waals surface area contributed by atoms with E-state index in [0.717, 1.165) is 22.8 Å². The Kier molecular flexibility index (Phi) is 6.83. The van der Waals surface area contributed by atoms with Gasteiger partial charge in [0.25, 0.3) is 5.56 Å². The predicted octanol–water partition coefficient (Wildman–Crippen LogP) is 4.07. The van der Waals surface area contributed by atoms with Crippen molar-refractivity contribution in [2.75, 3.05) is 6.61 Å². The third-order valence-corrected chi connectivity index (χ3v) is 5.25. The molecule has 0 fully saturated rings. The number of aliphatic hydroxyl groups excluding tert-OH is 2. The second-order valence-electron chi connectivity index (χ2n) is 6.66. The van der Waals surface area contributed by atoms with E-state index in [-0.39, 0.29) is 33.6 Å². The van der Waals surface area contributed by atoms with Gasteiger partial charge in [-0.1, -0.05) is 0 Å². The molecule has 0 saturated heterocycles. The van der Waals surface area contributed by atoms with Crippen molar-refractivity contribution in [2.45, 2.75) is 19.6 Å². The van der Waals surface area contributed by atoms with E-state index in [1.54, 1.807) is 0 Å². The molecular formula is C21H16BrF4NO4. The molecule has 31 heavy (non-hydrogen) atoms. The van der Waals surface area contributed by atoms with Gasteiger partial charge in [-0.25, -0.2) is 17.6 Å². The van der Waals surface area contributed by atoms with Gasteiger partial charge in [0, 0.05) is 23.4 Å². The van der Waals surface area contributed by atoms with Crippen LogP contribution in [0.25, 0.3) is 5.69 Å². The van der Waals surface area contributed by atoms with Crippen LogP contribution in [0.5, 0.6) is 5.75 Å². The molecule has 0 saturated carbocycles. The molecule has 1 unspecified atom stereocenters. The molecule has 0 radical (unpaired) electrons. The monoisotopic (exact) mass is 501 g/mol. The van der Waals surface area contributed by atoms with E-state index in [4.69, 9.17) is 9.84 Å². The highest BCUT2D eigenvalue weighted by Gasteiger charge is 2.21. The Bertz CT molecular complexity index is 1180. The fourth-order valence-electron chi connectivity index (χ4n) is 2.96. The summed E-state index contributed by atoms with van der Waals surface area (Å²) >= 11 is 3.03. The second-order valence-corrected chi connectivity index (χ2v) is 7.45. The average molecular weight is 502 g/mol. The van der Waals surface area contributed by atoms with Crippen molar-refractivity contribution >= 4 is 15.9 Å². The van der Waals surface area contributed by atoms with E-state index >= 15 is 0 Å². The number of ether oxygens (including phenoxy) is 1. The molecule has 0 spiro atoms.